The molecule has 14 heteroatoms. The molecule has 5 rings (SSSR count). The lowest BCUT2D eigenvalue weighted by molar-refractivity contribution is -0.150. The number of nitrogen functional groups attached to an aromatic ring is 1. The average Bonchev–Trinajstić information content (AvgIpc) is 3.43. The summed E-state index contributed by atoms with van der Waals surface area (Å²) in [7, 11) is 1.26. The summed E-state index contributed by atoms with van der Waals surface area (Å²) in [6, 6.07) is 5.76. The number of cyclic esters (lactones) is 1. The largest absolute Gasteiger partial charge is 0.477 e. The summed E-state index contributed by atoms with van der Waals surface area (Å²) in [5, 5.41) is 17.3. The van der Waals surface area contributed by atoms with Crippen LogP contribution in [0.5, 0.6) is 0 Å². The van der Waals surface area contributed by atoms with Gasteiger partial charge >= 0.3 is 11.9 Å². The molecule has 0 aliphatic carbocycles. The maximum absolute atomic E-state index is 13.0. The lowest BCUT2D eigenvalue weighted by Gasteiger charge is -2.49. The Bertz CT molecular complexity index is 1410. The number of carbonyl (C=O) groups is 4. The zero-order valence-electron chi connectivity index (χ0n) is 18.5. The van der Waals surface area contributed by atoms with Gasteiger partial charge in [0.25, 0.3) is 11.8 Å². The SMILES string of the molecule is CO/N=C(\C(=O)N[C@@H]1C(=O)N2C(C(=O)O)=C(/C=C3/OC(=O)c4ccccc43)CS[C@@H]12)c1csc(N)n1. The number of nitrogens with zero attached hydrogens (tertiary/aromatic N) is 3. The molecule has 1 aromatic carbocycles. The Labute approximate surface area is 211 Å². The number of aromatic nitrogens is 1. The molecule has 2 aromatic rings. The highest BCUT2D eigenvalue weighted by Gasteiger charge is 2.54. The monoisotopic (exact) mass is 527 g/mol. The molecule has 0 spiro atoms. The number of anilines is 1. The minimum Gasteiger partial charge on any atom is -0.477 e. The summed E-state index contributed by atoms with van der Waals surface area (Å²) in [6.07, 6.45) is 1.46. The number of allylic oxidation sites excluding steroid dienone is 1. The number of fused-ring (bicyclic) bond motifs is 2. The van der Waals surface area contributed by atoms with E-state index in [2.05, 4.69) is 15.5 Å². The summed E-state index contributed by atoms with van der Waals surface area (Å²) >= 11 is 2.37. The van der Waals surface area contributed by atoms with Crippen LogP contribution in [0, 0.1) is 0 Å². The van der Waals surface area contributed by atoms with E-state index >= 15 is 0 Å². The Morgan fingerprint density at radius 2 is 2.08 bits per heavy atom. The second-order valence-corrected chi connectivity index (χ2v) is 9.67. The van der Waals surface area contributed by atoms with Crippen molar-refractivity contribution in [2.24, 2.45) is 5.16 Å². The highest BCUT2D eigenvalue weighted by Crippen LogP contribution is 2.42. The number of rotatable bonds is 6. The molecule has 2 amide bonds. The molecular formula is C22H17N5O7S2. The predicted molar refractivity (Wildman–Crippen MR) is 130 cm³/mol. The molecule has 4 N–H and O–H groups in total. The Hall–Kier alpha value is -4.17. The molecule has 1 aromatic heterocycles. The van der Waals surface area contributed by atoms with Crippen molar-refractivity contribution in [2.45, 2.75) is 11.4 Å². The number of benzene rings is 1. The van der Waals surface area contributed by atoms with Crippen molar-refractivity contribution in [3.8, 4) is 0 Å². The van der Waals surface area contributed by atoms with Crippen molar-refractivity contribution in [1.29, 1.82) is 0 Å². The lowest BCUT2D eigenvalue weighted by atomic mass is 10.0. The molecule has 4 heterocycles. The van der Waals surface area contributed by atoms with E-state index in [0.29, 0.717) is 16.7 Å². The number of aliphatic carboxylic acids is 1. The van der Waals surface area contributed by atoms with Crippen molar-refractivity contribution >= 4 is 63.5 Å². The molecule has 0 unspecified atom stereocenters. The number of thiazole rings is 1. The molecule has 36 heavy (non-hydrogen) atoms. The van der Waals surface area contributed by atoms with Crippen LogP contribution in [-0.4, -0.2) is 68.7 Å². The van der Waals surface area contributed by atoms with E-state index in [4.69, 9.17) is 15.3 Å². The van der Waals surface area contributed by atoms with Crippen molar-refractivity contribution in [3.05, 3.63) is 63.8 Å². The normalized spacial score (nSPS) is 22.1. The first kappa shape index (κ1) is 23.6. The number of nitrogens with two attached hydrogens (primary N) is 1. The Morgan fingerprint density at radius 1 is 1.33 bits per heavy atom. The maximum atomic E-state index is 13.0. The van der Waals surface area contributed by atoms with Crippen LogP contribution in [-0.2, 0) is 24.0 Å². The molecule has 3 aliphatic rings. The van der Waals surface area contributed by atoms with E-state index in [1.165, 1.54) is 30.3 Å². The summed E-state index contributed by atoms with van der Waals surface area (Å²) < 4.78 is 5.32. The third-order valence-electron chi connectivity index (χ3n) is 5.57. The van der Waals surface area contributed by atoms with E-state index in [0.717, 1.165) is 16.2 Å². The van der Waals surface area contributed by atoms with Crippen molar-refractivity contribution in [3.63, 3.8) is 0 Å². The number of carboxylic acid groups (broad SMARTS) is 1. The van der Waals surface area contributed by atoms with Gasteiger partial charge < -0.3 is 25.7 Å². The molecule has 0 radical (unpaired) electrons. The van der Waals surface area contributed by atoms with E-state index < -0.39 is 35.2 Å². The number of nitrogens with one attached hydrogen (secondary N) is 1. The summed E-state index contributed by atoms with van der Waals surface area (Å²) in [4.78, 5) is 60.0. The topological polar surface area (TPSA) is 174 Å². The van der Waals surface area contributed by atoms with Gasteiger partial charge in [0, 0.05) is 16.7 Å². The van der Waals surface area contributed by atoms with E-state index in [9.17, 15) is 24.3 Å². The standard InChI is InChI=1S/C22H17N5O7S2/c1-33-26-14(12-8-36-22(23)24-12)17(28)25-15-18(29)27-16(20(30)31)9(7-35-19(15)27)6-13-10-4-2-3-5-11(10)21(32)34-13/h2-6,8,15,19H,7H2,1H3,(H2,23,24)(H,25,28)(H,30,31)/b13-6+,26-14-/t15-,19+/m1/s1. The molecular weight excluding hydrogens is 510 g/mol. The maximum Gasteiger partial charge on any atom is 0.352 e. The van der Waals surface area contributed by atoms with Crippen LogP contribution >= 0.6 is 23.1 Å². The molecule has 2 atom stereocenters. The summed E-state index contributed by atoms with van der Waals surface area (Å²) in [5.41, 5.74) is 6.64. The summed E-state index contributed by atoms with van der Waals surface area (Å²) in [6.45, 7) is 0. The first-order chi connectivity index (χ1) is 17.3. The van der Waals surface area contributed by atoms with Crippen LogP contribution in [0.1, 0.15) is 21.6 Å². The van der Waals surface area contributed by atoms with Gasteiger partial charge in [0.1, 0.15) is 35.7 Å². The van der Waals surface area contributed by atoms with Crippen LogP contribution < -0.4 is 11.1 Å². The van der Waals surface area contributed by atoms with Crippen LogP contribution in [0.3, 0.4) is 0 Å². The molecule has 12 nitrogen and oxygen atoms in total. The van der Waals surface area contributed by atoms with Crippen molar-refractivity contribution < 1.29 is 33.9 Å². The fourth-order valence-corrected chi connectivity index (χ4v) is 5.86. The Kier molecular flexibility index (Phi) is 5.97. The number of thioether (sulfide) groups is 1. The third kappa shape index (κ3) is 3.89. The number of hydrogen-bond donors (Lipinski definition) is 3. The highest BCUT2D eigenvalue weighted by atomic mass is 32.2. The number of esters is 1. The fourth-order valence-electron chi connectivity index (χ4n) is 4.01. The second-order valence-electron chi connectivity index (χ2n) is 7.68. The first-order valence-corrected chi connectivity index (χ1v) is 12.3. The van der Waals surface area contributed by atoms with Gasteiger partial charge in [-0.25, -0.2) is 14.6 Å². The molecule has 0 bridgehead atoms. The van der Waals surface area contributed by atoms with Gasteiger partial charge in [-0.3, -0.25) is 14.5 Å². The van der Waals surface area contributed by atoms with Crippen molar-refractivity contribution in [1.82, 2.24) is 15.2 Å². The molecule has 1 fully saturated rings. The van der Waals surface area contributed by atoms with Crippen LogP contribution in [0.15, 0.2) is 52.1 Å². The van der Waals surface area contributed by atoms with E-state index in [1.54, 1.807) is 24.3 Å². The second kappa shape index (κ2) is 9.13. The molecule has 0 saturated carbocycles. The third-order valence-corrected chi connectivity index (χ3v) is 7.55. The van der Waals surface area contributed by atoms with Gasteiger partial charge in [-0.2, -0.15) is 0 Å². The quantitative estimate of drug-likeness (QED) is 0.213. The van der Waals surface area contributed by atoms with Crippen LogP contribution in [0.4, 0.5) is 5.13 Å². The number of carboxylic acids is 1. The zero-order valence-corrected chi connectivity index (χ0v) is 20.1. The van der Waals surface area contributed by atoms with Crippen LogP contribution in [0.2, 0.25) is 0 Å². The lowest BCUT2D eigenvalue weighted by Crippen LogP contribution is -2.71. The first-order valence-electron chi connectivity index (χ1n) is 10.4. The Balaban J connectivity index is 1.40. The number of hydrogen-bond acceptors (Lipinski definition) is 11. The highest BCUT2D eigenvalue weighted by molar-refractivity contribution is 8.00. The van der Waals surface area contributed by atoms with Crippen molar-refractivity contribution in [2.75, 3.05) is 18.6 Å². The molecule has 184 valence electrons. The zero-order chi connectivity index (χ0) is 25.6. The number of ether oxygens (including phenoxy) is 1. The average molecular weight is 528 g/mol. The Morgan fingerprint density at radius 3 is 2.75 bits per heavy atom. The number of oxime groups is 1. The number of amides is 2. The van der Waals surface area contributed by atoms with E-state index in [1.807, 2.05) is 0 Å². The van der Waals surface area contributed by atoms with Gasteiger partial charge in [-0.1, -0.05) is 23.4 Å². The predicted octanol–water partition coefficient (Wildman–Crippen LogP) is 1.03. The fraction of sp³-hybridized carbons (Fsp3) is 0.182. The van der Waals surface area contributed by atoms with Gasteiger partial charge in [0.15, 0.2) is 10.8 Å². The summed E-state index contributed by atoms with van der Waals surface area (Å²) in [5.74, 6) is -2.76. The number of β-lactam (4-membered cyclic amide) rings is 1. The number of carbonyl (C=O) groups excluding carboxylic acids is 3. The molecule has 3 aliphatic heterocycles. The van der Waals surface area contributed by atoms with Gasteiger partial charge in [0.2, 0.25) is 0 Å². The smallest absolute Gasteiger partial charge is 0.352 e. The molecule has 1 saturated heterocycles. The minimum atomic E-state index is -1.32. The van der Waals surface area contributed by atoms with Gasteiger partial charge in [-0.05, 0) is 17.7 Å². The van der Waals surface area contributed by atoms with E-state index in [-0.39, 0.29) is 33.7 Å². The van der Waals surface area contributed by atoms with Gasteiger partial charge in [0.05, 0.1) is 5.56 Å². The van der Waals surface area contributed by atoms with Gasteiger partial charge in [-0.15, -0.1) is 23.1 Å². The van der Waals surface area contributed by atoms with Crippen LogP contribution in [0.25, 0.3) is 5.76 Å². The minimum absolute atomic E-state index is 0.168.